The summed E-state index contributed by atoms with van der Waals surface area (Å²) >= 11 is 0. The van der Waals surface area contributed by atoms with Gasteiger partial charge in [-0.2, -0.15) is 0 Å². The van der Waals surface area contributed by atoms with Crippen LogP contribution >= 0.6 is 0 Å². The van der Waals surface area contributed by atoms with Crippen LogP contribution in [0.4, 0.5) is 0 Å². The van der Waals surface area contributed by atoms with E-state index < -0.39 is 0 Å². The summed E-state index contributed by atoms with van der Waals surface area (Å²) in [5.74, 6) is 2.06. The molecule has 0 radical (unpaired) electrons. The second kappa shape index (κ2) is 8.56. The van der Waals surface area contributed by atoms with Crippen LogP contribution in [-0.4, -0.2) is 12.6 Å². The number of unbranched alkanes of at least 4 members (excludes halogenated alkanes) is 1. The van der Waals surface area contributed by atoms with Crippen molar-refractivity contribution in [3.05, 3.63) is 0 Å². The summed E-state index contributed by atoms with van der Waals surface area (Å²) in [4.78, 5) is 0. The first-order valence-corrected chi connectivity index (χ1v) is 9.89. The second-order valence-electron chi connectivity index (χ2n) is 8.32. The van der Waals surface area contributed by atoms with E-state index in [-0.39, 0.29) is 0 Å². The molecule has 2 fully saturated rings. The summed E-state index contributed by atoms with van der Waals surface area (Å²) < 4.78 is 0. The maximum Gasteiger partial charge on any atom is 0.00128 e. The molecule has 0 aromatic rings. The molecule has 2 aliphatic carbocycles. The number of hydrogen-bond acceptors (Lipinski definition) is 1. The zero-order valence-corrected chi connectivity index (χ0v) is 14.9. The van der Waals surface area contributed by atoms with Gasteiger partial charge in [0.15, 0.2) is 0 Å². The second-order valence-corrected chi connectivity index (χ2v) is 8.32. The molecule has 2 rings (SSSR count). The van der Waals surface area contributed by atoms with Crippen molar-refractivity contribution in [2.24, 2.45) is 17.3 Å². The van der Waals surface area contributed by atoms with Gasteiger partial charge in [-0.05, 0) is 55.8 Å². The minimum absolute atomic E-state index is 0.642. The minimum atomic E-state index is 0.642. The highest BCUT2D eigenvalue weighted by Crippen LogP contribution is 2.49. The Morgan fingerprint density at radius 2 is 1.67 bits per heavy atom. The van der Waals surface area contributed by atoms with E-state index in [0.29, 0.717) is 11.5 Å². The van der Waals surface area contributed by atoms with E-state index in [9.17, 15) is 0 Å². The normalized spacial score (nSPS) is 31.7. The summed E-state index contributed by atoms with van der Waals surface area (Å²) in [6.07, 6.45) is 17.9. The smallest absolute Gasteiger partial charge is 0.00128 e. The average molecular weight is 294 g/mol. The molecule has 0 amide bonds. The van der Waals surface area contributed by atoms with E-state index >= 15 is 0 Å². The van der Waals surface area contributed by atoms with Gasteiger partial charge in [0.25, 0.3) is 0 Å². The van der Waals surface area contributed by atoms with Gasteiger partial charge >= 0.3 is 0 Å². The van der Waals surface area contributed by atoms with E-state index in [2.05, 4.69) is 26.1 Å². The third-order valence-corrected chi connectivity index (χ3v) is 6.40. The molecule has 0 saturated heterocycles. The standard InChI is InChI=1S/C20H39N/c1-4-5-9-18-12-14-20(15-13-18,16-21-17(2)3)19-10-7-6-8-11-19/h17-19,21H,4-16H2,1-3H3. The van der Waals surface area contributed by atoms with Crippen molar-refractivity contribution in [3.63, 3.8) is 0 Å². The average Bonchev–Trinajstić information content (AvgIpc) is 2.53. The highest BCUT2D eigenvalue weighted by molar-refractivity contribution is 4.94. The van der Waals surface area contributed by atoms with Crippen molar-refractivity contribution >= 4 is 0 Å². The molecule has 0 aromatic carbocycles. The fourth-order valence-electron chi connectivity index (χ4n) is 4.89. The molecule has 0 bridgehead atoms. The molecule has 0 unspecified atom stereocenters. The van der Waals surface area contributed by atoms with Crippen molar-refractivity contribution in [3.8, 4) is 0 Å². The lowest BCUT2D eigenvalue weighted by Gasteiger charge is -2.48. The highest BCUT2D eigenvalue weighted by atomic mass is 14.9. The summed E-state index contributed by atoms with van der Waals surface area (Å²) in [6, 6.07) is 0.642. The molecule has 21 heavy (non-hydrogen) atoms. The van der Waals surface area contributed by atoms with Gasteiger partial charge in [-0.25, -0.2) is 0 Å². The van der Waals surface area contributed by atoms with Crippen LogP contribution in [0.15, 0.2) is 0 Å². The predicted octanol–water partition coefficient (Wildman–Crippen LogP) is 5.93. The Morgan fingerprint density at radius 3 is 2.24 bits per heavy atom. The third kappa shape index (κ3) is 4.98. The SMILES string of the molecule is CCCCC1CCC(CNC(C)C)(C2CCCCC2)CC1. The summed E-state index contributed by atoms with van der Waals surface area (Å²) in [7, 11) is 0. The molecule has 0 heterocycles. The third-order valence-electron chi connectivity index (χ3n) is 6.40. The lowest BCUT2D eigenvalue weighted by atomic mass is 9.59. The van der Waals surface area contributed by atoms with E-state index in [0.717, 1.165) is 11.8 Å². The van der Waals surface area contributed by atoms with Gasteiger partial charge < -0.3 is 5.32 Å². The minimum Gasteiger partial charge on any atom is -0.314 e. The molecule has 0 spiro atoms. The van der Waals surface area contributed by atoms with Gasteiger partial charge in [0, 0.05) is 12.6 Å². The molecule has 124 valence electrons. The first-order chi connectivity index (χ1) is 10.2. The number of nitrogens with one attached hydrogen (secondary N) is 1. The zero-order valence-electron chi connectivity index (χ0n) is 14.9. The van der Waals surface area contributed by atoms with E-state index in [1.54, 1.807) is 0 Å². The van der Waals surface area contributed by atoms with Crippen molar-refractivity contribution in [2.45, 2.75) is 104 Å². The van der Waals surface area contributed by atoms with Gasteiger partial charge in [-0.3, -0.25) is 0 Å². The molecule has 1 N–H and O–H groups in total. The predicted molar refractivity (Wildman–Crippen MR) is 93.6 cm³/mol. The lowest BCUT2D eigenvalue weighted by Crippen LogP contribution is -2.45. The van der Waals surface area contributed by atoms with Crippen LogP contribution in [0.25, 0.3) is 0 Å². The lowest BCUT2D eigenvalue weighted by molar-refractivity contribution is 0.0444. The summed E-state index contributed by atoms with van der Waals surface area (Å²) in [5.41, 5.74) is 0.646. The van der Waals surface area contributed by atoms with Gasteiger partial charge in [-0.1, -0.05) is 59.3 Å². The number of rotatable bonds is 7. The first-order valence-electron chi connectivity index (χ1n) is 9.89. The first kappa shape index (κ1) is 17.3. The van der Waals surface area contributed by atoms with Gasteiger partial charge in [0.05, 0.1) is 0 Å². The van der Waals surface area contributed by atoms with Crippen LogP contribution in [0.3, 0.4) is 0 Å². The molecule has 2 aliphatic rings. The van der Waals surface area contributed by atoms with Crippen LogP contribution in [0.1, 0.15) is 97.8 Å². The Bertz CT molecular complexity index is 270. The van der Waals surface area contributed by atoms with Crippen LogP contribution in [0.2, 0.25) is 0 Å². The van der Waals surface area contributed by atoms with Gasteiger partial charge in [0.2, 0.25) is 0 Å². The Kier molecular flexibility index (Phi) is 7.05. The topological polar surface area (TPSA) is 12.0 Å². The van der Waals surface area contributed by atoms with Crippen LogP contribution in [0.5, 0.6) is 0 Å². The van der Waals surface area contributed by atoms with E-state index in [4.69, 9.17) is 0 Å². The Hall–Kier alpha value is -0.0400. The summed E-state index contributed by atoms with van der Waals surface area (Å²) in [6.45, 7) is 8.24. The largest absolute Gasteiger partial charge is 0.314 e. The van der Waals surface area contributed by atoms with E-state index in [1.807, 2.05) is 0 Å². The number of hydrogen-bond donors (Lipinski definition) is 1. The van der Waals surface area contributed by atoms with Crippen molar-refractivity contribution < 1.29 is 0 Å². The van der Waals surface area contributed by atoms with Gasteiger partial charge in [0.1, 0.15) is 0 Å². The Morgan fingerprint density at radius 1 is 1.00 bits per heavy atom. The zero-order chi connectivity index (χ0) is 15.1. The molecule has 0 aromatic heterocycles. The molecule has 1 nitrogen and oxygen atoms in total. The molecular formula is C20H39N. The maximum absolute atomic E-state index is 3.81. The highest BCUT2D eigenvalue weighted by Gasteiger charge is 2.41. The van der Waals surface area contributed by atoms with Crippen molar-refractivity contribution in [1.29, 1.82) is 0 Å². The molecule has 0 atom stereocenters. The summed E-state index contributed by atoms with van der Waals surface area (Å²) in [5, 5.41) is 3.81. The molecular weight excluding hydrogens is 254 g/mol. The molecule has 2 saturated carbocycles. The Labute approximate surface area is 133 Å². The van der Waals surface area contributed by atoms with Crippen LogP contribution < -0.4 is 5.32 Å². The maximum atomic E-state index is 3.81. The van der Waals surface area contributed by atoms with Crippen molar-refractivity contribution in [1.82, 2.24) is 5.32 Å². The fourth-order valence-corrected chi connectivity index (χ4v) is 4.89. The van der Waals surface area contributed by atoms with Crippen LogP contribution in [0, 0.1) is 17.3 Å². The molecule has 0 aliphatic heterocycles. The van der Waals surface area contributed by atoms with Crippen molar-refractivity contribution in [2.75, 3.05) is 6.54 Å². The van der Waals surface area contributed by atoms with E-state index in [1.165, 1.54) is 83.6 Å². The van der Waals surface area contributed by atoms with Gasteiger partial charge in [-0.15, -0.1) is 0 Å². The quantitative estimate of drug-likeness (QED) is 0.613. The van der Waals surface area contributed by atoms with Crippen LogP contribution in [-0.2, 0) is 0 Å². The molecule has 1 heteroatoms. The Balaban J connectivity index is 1.93. The monoisotopic (exact) mass is 293 g/mol. The fraction of sp³-hybridized carbons (Fsp3) is 1.00.